The van der Waals surface area contributed by atoms with Crippen LogP contribution in [0.4, 0.5) is 0 Å². The number of benzene rings is 1. The number of nitrogens with zero attached hydrogens (tertiary/aromatic N) is 5. The van der Waals surface area contributed by atoms with Crippen LogP contribution in [0, 0.1) is 0 Å². The number of para-hydroxylation sites is 1. The molecule has 2 aromatic heterocycles. The minimum Gasteiger partial charge on any atom is -0.299 e. The molecule has 0 radical (unpaired) electrons. The first-order valence-electron chi connectivity index (χ1n) is 8.82. The number of aromatic nitrogens is 4. The molecule has 3 aromatic rings. The molecule has 0 unspecified atom stereocenters. The van der Waals surface area contributed by atoms with E-state index in [0.717, 1.165) is 23.6 Å². The van der Waals surface area contributed by atoms with Crippen molar-refractivity contribution in [2.75, 3.05) is 6.54 Å². The van der Waals surface area contributed by atoms with E-state index < -0.39 is 0 Å². The van der Waals surface area contributed by atoms with E-state index in [0.29, 0.717) is 37.0 Å². The second-order valence-electron chi connectivity index (χ2n) is 6.63. The summed E-state index contributed by atoms with van der Waals surface area (Å²) in [5.41, 5.74) is 2.38. The molecule has 4 rings (SSSR count). The molecule has 1 aliphatic heterocycles. The van der Waals surface area contributed by atoms with Gasteiger partial charge in [0.15, 0.2) is 0 Å². The minimum atomic E-state index is -0.0352. The lowest BCUT2D eigenvalue weighted by molar-refractivity contribution is 0.230. The standard InChI is InChI=1S/C19H21N5O2/c1-3-24-12-20-16-10-23(9-8-14(16)19(24)26)11-17-21-15-7-5-4-6-13(15)18(25)22(17)2/h4-7,12H,3,8-11H2,1-2H3. The van der Waals surface area contributed by atoms with Crippen molar-refractivity contribution in [1.29, 1.82) is 0 Å². The summed E-state index contributed by atoms with van der Waals surface area (Å²) >= 11 is 0. The molecule has 1 aromatic carbocycles. The Bertz CT molecular complexity index is 1100. The highest BCUT2D eigenvalue weighted by molar-refractivity contribution is 5.77. The zero-order chi connectivity index (χ0) is 18.3. The predicted octanol–water partition coefficient (Wildman–Crippen LogP) is 1.07. The van der Waals surface area contributed by atoms with Gasteiger partial charge in [-0.2, -0.15) is 0 Å². The summed E-state index contributed by atoms with van der Waals surface area (Å²) in [4.78, 5) is 36.3. The fraction of sp³-hybridized carbons (Fsp3) is 0.368. The van der Waals surface area contributed by atoms with Gasteiger partial charge in [0.25, 0.3) is 11.1 Å². The van der Waals surface area contributed by atoms with Crippen molar-refractivity contribution in [3.05, 3.63) is 68.4 Å². The van der Waals surface area contributed by atoms with Crippen LogP contribution in [0.1, 0.15) is 24.0 Å². The van der Waals surface area contributed by atoms with Gasteiger partial charge in [0, 0.05) is 32.2 Å². The molecule has 0 N–H and O–H groups in total. The van der Waals surface area contributed by atoms with Crippen molar-refractivity contribution in [1.82, 2.24) is 24.0 Å². The van der Waals surface area contributed by atoms with Gasteiger partial charge in [0.1, 0.15) is 5.82 Å². The van der Waals surface area contributed by atoms with Gasteiger partial charge < -0.3 is 0 Å². The molecule has 0 saturated heterocycles. The van der Waals surface area contributed by atoms with E-state index in [4.69, 9.17) is 0 Å². The summed E-state index contributed by atoms with van der Waals surface area (Å²) in [5, 5.41) is 0.629. The smallest absolute Gasteiger partial charge is 0.261 e. The summed E-state index contributed by atoms with van der Waals surface area (Å²) in [6.07, 6.45) is 2.29. The predicted molar refractivity (Wildman–Crippen MR) is 99.0 cm³/mol. The molecule has 0 fully saturated rings. The lowest BCUT2D eigenvalue weighted by Crippen LogP contribution is -2.38. The number of rotatable bonds is 3. The van der Waals surface area contributed by atoms with E-state index in [1.54, 1.807) is 28.6 Å². The first-order valence-corrected chi connectivity index (χ1v) is 8.82. The van der Waals surface area contributed by atoms with Crippen molar-refractivity contribution in [2.45, 2.75) is 33.0 Å². The molecule has 3 heterocycles. The third-order valence-corrected chi connectivity index (χ3v) is 5.05. The molecule has 0 saturated carbocycles. The molecule has 0 aliphatic carbocycles. The van der Waals surface area contributed by atoms with Gasteiger partial charge >= 0.3 is 0 Å². The van der Waals surface area contributed by atoms with Crippen LogP contribution >= 0.6 is 0 Å². The number of hydrogen-bond acceptors (Lipinski definition) is 5. The van der Waals surface area contributed by atoms with Crippen LogP contribution in [0.3, 0.4) is 0 Å². The molecule has 26 heavy (non-hydrogen) atoms. The van der Waals surface area contributed by atoms with Gasteiger partial charge in [-0.1, -0.05) is 12.1 Å². The summed E-state index contributed by atoms with van der Waals surface area (Å²) in [6.45, 7) is 4.47. The Morgan fingerprint density at radius 1 is 1.15 bits per heavy atom. The zero-order valence-corrected chi connectivity index (χ0v) is 15.0. The van der Waals surface area contributed by atoms with Crippen LogP contribution in [0.25, 0.3) is 10.9 Å². The Balaban J connectivity index is 1.64. The second-order valence-corrected chi connectivity index (χ2v) is 6.63. The Morgan fingerprint density at radius 3 is 2.77 bits per heavy atom. The van der Waals surface area contributed by atoms with Crippen LogP contribution in [0.5, 0.6) is 0 Å². The molecule has 134 valence electrons. The van der Waals surface area contributed by atoms with Gasteiger partial charge in [-0.15, -0.1) is 0 Å². The van der Waals surface area contributed by atoms with Gasteiger partial charge in [-0.3, -0.25) is 23.6 Å². The number of aryl methyl sites for hydroxylation is 1. The average molecular weight is 351 g/mol. The molecule has 1 aliphatic rings. The summed E-state index contributed by atoms with van der Waals surface area (Å²) < 4.78 is 3.25. The summed E-state index contributed by atoms with van der Waals surface area (Å²) in [6, 6.07) is 7.40. The third kappa shape index (κ3) is 2.74. The largest absolute Gasteiger partial charge is 0.299 e. The van der Waals surface area contributed by atoms with Crippen LogP contribution < -0.4 is 11.1 Å². The van der Waals surface area contributed by atoms with E-state index >= 15 is 0 Å². The quantitative estimate of drug-likeness (QED) is 0.706. The van der Waals surface area contributed by atoms with E-state index in [9.17, 15) is 9.59 Å². The van der Waals surface area contributed by atoms with E-state index in [1.165, 1.54) is 0 Å². The highest BCUT2D eigenvalue weighted by Crippen LogP contribution is 2.16. The van der Waals surface area contributed by atoms with Gasteiger partial charge in [-0.05, 0) is 25.5 Å². The molecule has 0 bridgehead atoms. The van der Waals surface area contributed by atoms with Crippen LogP contribution in [-0.4, -0.2) is 30.5 Å². The molecule has 0 amide bonds. The Morgan fingerprint density at radius 2 is 1.96 bits per heavy atom. The molecular weight excluding hydrogens is 330 g/mol. The number of hydrogen-bond donors (Lipinski definition) is 0. The number of fused-ring (bicyclic) bond motifs is 2. The minimum absolute atomic E-state index is 0.0352. The summed E-state index contributed by atoms with van der Waals surface area (Å²) in [5.74, 6) is 0.721. The van der Waals surface area contributed by atoms with Crippen molar-refractivity contribution in [2.24, 2.45) is 7.05 Å². The highest BCUT2D eigenvalue weighted by atomic mass is 16.1. The fourth-order valence-electron chi connectivity index (χ4n) is 3.48. The molecule has 7 nitrogen and oxygen atoms in total. The summed E-state index contributed by atoms with van der Waals surface area (Å²) in [7, 11) is 1.76. The van der Waals surface area contributed by atoms with Gasteiger partial charge in [0.05, 0.1) is 29.5 Å². The maximum atomic E-state index is 12.6. The van der Waals surface area contributed by atoms with Crippen molar-refractivity contribution in [3.63, 3.8) is 0 Å². The van der Waals surface area contributed by atoms with Crippen molar-refractivity contribution < 1.29 is 0 Å². The lowest BCUT2D eigenvalue weighted by atomic mass is 10.1. The van der Waals surface area contributed by atoms with Crippen molar-refractivity contribution in [3.8, 4) is 0 Å². The molecule has 0 atom stereocenters. The zero-order valence-electron chi connectivity index (χ0n) is 15.0. The van der Waals surface area contributed by atoms with Gasteiger partial charge in [0.2, 0.25) is 0 Å². The first-order chi connectivity index (χ1) is 12.6. The van der Waals surface area contributed by atoms with Crippen molar-refractivity contribution >= 4 is 10.9 Å². The SMILES string of the molecule is CCn1cnc2c(c1=O)CCN(Cc1nc3ccccc3c(=O)n1C)C2. The molecule has 0 spiro atoms. The van der Waals surface area contributed by atoms with E-state index in [1.807, 2.05) is 25.1 Å². The van der Waals surface area contributed by atoms with Crippen LogP contribution in [-0.2, 0) is 33.1 Å². The Kier molecular flexibility index (Phi) is 4.16. The lowest BCUT2D eigenvalue weighted by Gasteiger charge is -2.28. The Labute approximate surface area is 150 Å². The van der Waals surface area contributed by atoms with Gasteiger partial charge in [-0.25, -0.2) is 9.97 Å². The van der Waals surface area contributed by atoms with Crippen LogP contribution in [0.15, 0.2) is 40.2 Å². The Hall–Kier alpha value is -2.80. The fourth-order valence-corrected chi connectivity index (χ4v) is 3.48. The maximum Gasteiger partial charge on any atom is 0.261 e. The second kappa shape index (κ2) is 6.49. The normalized spacial score (nSPS) is 14.5. The molecule has 7 heteroatoms. The first kappa shape index (κ1) is 16.7. The molecular formula is C19H21N5O2. The average Bonchev–Trinajstić information content (AvgIpc) is 2.66. The monoisotopic (exact) mass is 351 g/mol. The topological polar surface area (TPSA) is 73.0 Å². The maximum absolute atomic E-state index is 12.6. The van der Waals surface area contributed by atoms with Crippen LogP contribution in [0.2, 0.25) is 0 Å². The van der Waals surface area contributed by atoms with E-state index in [2.05, 4.69) is 14.9 Å². The van der Waals surface area contributed by atoms with E-state index in [-0.39, 0.29) is 11.1 Å². The third-order valence-electron chi connectivity index (χ3n) is 5.05. The highest BCUT2D eigenvalue weighted by Gasteiger charge is 2.22.